The number of imidazole rings is 1. The van der Waals surface area contributed by atoms with Crippen molar-refractivity contribution in [2.24, 2.45) is 0 Å². The van der Waals surface area contributed by atoms with Gasteiger partial charge >= 0.3 is 0 Å². The van der Waals surface area contributed by atoms with Crippen molar-refractivity contribution in [3.8, 4) is 22.9 Å². The number of rotatable bonds is 6. The van der Waals surface area contributed by atoms with Crippen LogP contribution in [0, 0.1) is 0 Å². The molecule has 144 valence electrons. The van der Waals surface area contributed by atoms with Crippen molar-refractivity contribution in [1.82, 2.24) is 24.5 Å². The van der Waals surface area contributed by atoms with Gasteiger partial charge in [-0.1, -0.05) is 0 Å². The summed E-state index contributed by atoms with van der Waals surface area (Å²) in [6.07, 6.45) is 5.25. The lowest BCUT2D eigenvalue weighted by Crippen LogP contribution is -1.99. The number of ether oxygens (including phenoxy) is 3. The van der Waals surface area contributed by atoms with E-state index in [4.69, 9.17) is 25.8 Å². The molecular weight excluding hydrogens is 384 g/mol. The lowest BCUT2D eigenvalue weighted by molar-refractivity contribution is 0.324. The highest BCUT2D eigenvalue weighted by molar-refractivity contribution is 6.28. The molecule has 0 saturated carbocycles. The predicted octanol–water partition coefficient (Wildman–Crippen LogP) is 3.57. The van der Waals surface area contributed by atoms with Crippen LogP contribution >= 0.6 is 11.6 Å². The second kappa shape index (κ2) is 7.28. The molecule has 0 aliphatic rings. The second-order valence-electron chi connectivity index (χ2n) is 5.75. The molecule has 0 atom stereocenters. The zero-order chi connectivity index (χ0) is 19.7. The molecule has 0 bridgehead atoms. The van der Waals surface area contributed by atoms with E-state index in [-0.39, 0.29) is 5.28 Å². The first-order valence-electron chi connectivity index (χ1n) is 8.25. The first-order chi connectivity index (χ1) is 13.6. The molecule has 0 unspecified atom stereocenters. The topological polar surface area (TPSA) is 99.1 Å². The number of hydrogen-bond donors (Lipinski definition) is 2. The zero-order valence-corrected chi connectivity index (χ0v) is 16.1. The van der Waals surface area contributed by atoms with Gasteiger partial charge in [-0.3, -0.25) is 0 Å². The molecule has 2 N–H and O–H groups in total. The van der Waals surface area contributed by atoms with Gasteiger partial charge in [0.2, 0.25) is 11.0 Å². The van der Waals surface area contributed by atoms with Gasteiger partial charge in [0, 0.05) is 18.3 Å². The van der Waals surface area contributed by atoms with Crippen LogP contribution in [-0.4, -0.2) is 45.8 Å². The lowest BCUT2D eigenvalue weighted by atomic mass is 10.2. The number of fused-ring (bicyclic) bond motifs is 1. The molecule has 3 aromatic heterocycles. The monoisotopic (exact) mass is 400 g/mol. The highest BCUT2D eigenvalue weighted by Gasteiger charge is 2.15. The van der Waals surface area contributed by atoms with E-state index in [1.54, 1.807) is 33.9 Å². The van der Waals surface area contributed by atoms with Crippen LogP contribution in [0.4, 0.5) is 11.6 Å². The summed E-state index contributed by atoms with van der Waals surface area (Å²) >= 11 is 6.00. The first-order valence-corrected chi connectivity index (χ1v) is 8.62. The number of nitrogens with zero attached hydrogens (tertiary/aromatic N) is 4. The Morgan fingerprint density at radius 1 is 1.07 bits per heavy atom. The van der Waals surface area contributed by atoms with E-state index >= 15 is 0 Å². The third-order valence-electron chi connectivity index (χ3n) is 4.16. The number of nitrogens with one attached hydrogen (secondary N) is 2. The average molecular weight is 401 g/mol. The molecule has 0 spiro atoms. The summed E-state index contributed by atoms with van der Waals surface area (Å²) in [6, 6.07) is 5.48. The second-order valence-corrected chi connectivity index (χ2v) is 6.09. The summed E-state index contributed by atoms with van der Waals surface area (Å²) in [4.78, 5) is 15.9. The van der Waals surface area contributed by atoms with Crippen molar-refractivity contribution in [2.75, 3.05) is 26.6 Å². The smallest absolute Gasteiger partial charge is 0.225 e. The van der Waals surface area contributed by atoms with Gasteiger partial charge in [0.25, 0.3) is 0 Å². The number of methoxy groups -OCH3 is 3. The molecule has 9 nitrogen and oxygen atoms in total. The van der Waals surface area contributed by atoms with Crippen molar-refractivity contribution >= 4 is 34.3 Å². The van der Waals surface area contributed by atoms with E-state index in [9.17, 15) is 0 Å². The molecule has 0 radical (unpaired) electrons. The highest BCUT2D eigenvalue weighted by Crippen LogP contribution is 2.39. The Morgan fingerprint density at radius 2 is 1.82 bits per heavy atom. The van der Waals surface area contributed by atoms with Crippen molar-refractivity contribution in [3.05, 3.63) is 42.2 Å². The Morgan fingerprint density at radius 3 is 2.50 bits per heavy atom. The van der Waals surface area contributed by atoms with Crippen LogP contribution in [0.2, 0.25) is 5.28 Å². The fraction of sp³-hybridized carbons (Fsp3) is 0.167. The van der Waals surface area contributed by atoms with E-state index < -0.39 is 0 Å². The van der Waals surface area contributed by atoms with Crippen molar-refractivity contribution in [3.63, 3.8) is 0 Å². The van der Waals surface area contributed by atoms with Crippen LogP contribution in [0.1, 0.15) is 0 Å². The Bertz CT molecular complexity index is 1110. The summed E-state index contributed by atoms with van der Waals surface area (Å²) in [7, 11) is 4.71. The third-order valence-corrected chi connectivity index (χ3v) is 4.32. The van der Waals surface area contributed by atoms with Gasteiger partial charge in [-0.05, 0) is 17.7 Å². The predicted molar refractivity (Wildman–Crippen MR) is 105 cm³/mol. The number of aromatic nitrogens is 5. The Balaban J connectivity index is 1.69. The molecular formula is C18H17ClN6O3. The zero-order valence-electron chi connectivity index (χ0n) is 15.4. The van der Waals surface area contributed by atoms with E-state index in [0.717, 1.165) is 11.2 Å². The maximum Gasteiger partial charge on any atom is 0.225 e. The molecule has 3 heterocycles. The minimum Gasteiger partial charge on any atom is -0.493 e. The molecule has 4 rings (SSSR count). The molecule has 1 aromatic carbocycles. The SMILES string of the molecule is COc1cc(-n2cnc(Nc3nc(Cl)nc4cc[nH]c34)c2)cc(OC)c1OC. The minimum atomic E-state index is 0.152. The van der Waals surface area contributed by atoms with Gasteiger partial charge < -0.3 is 29.1 Å². The molecule has 0 aliphatic heterocycles. The number of hydrogen-bond acceptors (Lipinski definition) is 7. The number of aromatic amines is 1. The van der Waals surface area contributed by atoms with Gasteiger partial charge in [0.1, 0.15) is 17.7 Å². The standard InChI is InChI=1S/C18H17ClN6O3/c1-26-12-6-10(7-13(27-2)16(12)28-3)25-8-14(21-9-25)23-17-15-11(4-5-20-15)22-18(19)24-17/h4-9,20H,1-3H3,(H,22,23,24). The first kappa shape index (κ1) is 17.9. The molecule has 4 aromatic rings. The Hall–Kier alpha value is -3.46. The van der Waals surface area contributed by atoms with E-state index in [1.807, 2.05) is 29.0 Å². The van der Waals surface area contributed by atoms with Crippen LogP contribution in [0.5, 0.6) is 17.2 Å². The molecule has 0 saturated heterocycles. The largest absolute Gasteiger partial charge is 0.493 e. The van der Waals surface area contributed by atoms with Crippen molar-refractivity contribution in [1.29, 1.82) is 0 Å². The van der Waals surface area contributed by atoms with Gasteiger partial charge in [0.05, 0.1) is 38.7 Å². The fourth-order valence-corrected chi connectivity index (χ4v) is 3.05. The molecule has 0 fully saturated rings. The van der Waals surface area contributed by atoms with Crippen LogP contribution in [0.3, 0.4) is 0 Å². The summed E-state index contributed by atoms with van der Waals surface area (Å²) < 4.78 is 18.0. The normalized spacial score (nSPS) is 10.9. The summed E-state index contributed by atoms with van der Waals surface area (Å²) in [5, 5.41) is 3.31. The Labute approximate surface area is 165 Å². The minimum absolute atomic E-state index is 0.152. The van der Waals surface area contributed by atoms with Crippen LogP contribution in [0.15, 0.2) is 36.9 Å². The summed E-state index contributed by atoms with van der Waals surface area (Å²) in [5.74, 6) is 2.75. The van der Waals surface area contributed by atoms with E-state index in [0.29, 0.717) is 34.4 Å². The molecule has 0 amide bonds. The van der Waals surface area contributed by atoms with Gasteiger partial charge in [-0.15, -0.1) is 0 Å². The number of H-pyrrole nitrogens is 1. The van der Waals surface area contributed by atoms with Crippen LogP contribution < -0.4 is 19.5 Å². The third kappa shape index (κ3) is 3.16. The van der Waals surface area contributed by atoms with Crippen molar-refractivity contribution in [2.45, 2.75) is 0 Å². The number of benzene rings is 1. The fourth-order valence-electron chi connectivity index (χ4n) is 2.87. The van der Waals surface area contributed by atoms with Gasteiger partial charge in [0.15, 0.2) is 17.3 Å². The molecule has 10 heteroatoms. The quantitative estimate of drug-likeness (QED) is 0.477. The average Bonchev–Trinajstić information content (AvgIpc) is 3.36. The Kier molecular flexibility index (Phi) is 4.66. The lowest BCUT2D eigenvalue weighted by Gasteiger charge is -2.14. The molecule has 0 aliphatic carbocycles. The number of anilines is 2. The van der Waals surface area contributed by atoms with Gasteiger partial charge in [-0.25, -0.2) is 9.97 Å². The summed E-state index contributed by atoms with van der Waals surface area (Å²) in [5.41, 5.74) is 2.25. The van der Waals surface area contributed by atoms with Crippen LogP contribution in [0.25, 0.3) is 16.7 Å². The maximum atomic E-state index is 6.00. The van der Waals surface area contributed by atoms with Crippen molar-refractivity contribution < 1.29 is 14.2 Å². The van der Waals surface area contributed by atoms with E-state index in [1.165, 1.54) is 0 Å². The molecule has 28 heavy (non-hydrogen) atoms. The highest BCUT2D eigenvalue weighted by atomic mass is 35.5. The van der Waals surface area contributed by atoms with Gasteiger partial charge in [-0.2, -0.15) is 4.98 Å². The van der Waals surface area contributed by atoms with E-state index in [2.05, 4.69) is 25.3 Å². The summed E-state index contributed by atoms with van der Waals surface area (Å²) in [6.45, 7) is 0. The number of halogens is 1. The van der Waals surface area contributed by atoms with Crippen LogP contribution in [-0.2, 0) is 0 Å². The maximum absolute atomic E-state index is 6.00.